The second-order valence-electron chi connectivity index (χ2n) is 8.35. The van der Waals surface area contributed by atoms with Gasteiger partial charge in [0.2, 0.25) is 5.91 Å². The minimum atomic E-state index is -0.440. The molecule has 1 atom stereocenters. The van der Waals surface area contributed by atoms with Crippen molar-refractivity contribution in [3.05, 3.63) is 81.8 Å². The molecule has 0 radical (unpaired) electrons. The highest BCUT2D eigenvalue weighted by Gasteiger charge is 2.33. The third-order valence-corrected chi connectivity index (χ3v) is 7.07. The van der Waals surface area contributed by atoms with Gasteiger partial charge in [0.25, 0.3) is 5.91 Å². The van der Waals surface area contributed by atoms with Crippen molar-refractivity contribution in [1.82, 2.24) is 9.80 Å². The smallest absolute Gasteiger partial charge is 0.254 e. The number of rotatable bonds is 9. The van der Waals surface area contributed by atoms with Gasteiger partial charge in [0.05, 0.1) is 13.2 Å². The Balaban J connectivity index is 1.53. The quantitative estimate of drug-likeness (QED) is 0.421. The summed E-state index contributed by atoms with van der Waals surface area (Å²) in [6.45, 7) is 3.04. The van der Waals surface area contributed by atoms with E-state index in [1.54, 1.807) is 70.7 Å². The number of hydrogen-bond donors (Lipinski definition) is 0. The Bertz CT molecular complexity index is 1180. The van der Waals surface area contributed by atoms with E-state index in [-0.39, 0.29) is 36.8 Å². The number of halogens is 1. The summed E-state index contributed by atoms with van der Waals surface area (Å²) < 4.78 is 25.2. The number of hydrogen-bond acceptors (Lipinski definition) is 5. The van der Waals surface area contributed by atoms with Crippen LogP contribution >= 0.6 is 11.3 Å². The number of amides is 2. The first-order valence-electron chi connectivity index (χ1n) is 11.7. The van der Waals surface area contributed by atoms with Gasteiger partial charge < -0.3 is 19.3 Å². The van der Waals surface area contributed by atoms with Gasteiger partial charge >= 0.3 is 0 Å². The number of methoxy groups -OCH3 is 1. The van der Waals surface area contributed by atoms with E-state index in [1.807, 2.05) is 18.4 Å². The summed E-state index contributed by atoms with van der Waals surface area (Å²) in [5, 5.41) is 2.00. The van der Waals surface area contributed by atoms with Gasteiger partial charge in [0, 0.05) is 23.5 Å². The number of nitrogens with zero attached hydrogens (tertiary/aromatic N) is 2. The van der Waals surface area contributed by atoms with Gasteiger partial charge in [0.15, 0.2) is 11.6 Å². The fourth-order valence-electron chi connectivity index (χ4n) is 4.32. The zero-order valence-electron chi connectivity index (χ0n) is 19.9. The highest BCUT2D eigenvalue weighted by Crippen LogP contribution is 2.34. The Kier molecular flexibility index (Phi) is 8.02. The van der Waals surface area contributed by atoms with E-state index in [1.165, 1.54) is 10.9 Å². The van der Waals surface area contributed by atoms with Gasteiger partial charge in [-0.2, -0.15) is 0 Å². The predicted octanol–water partition coefficient (Wildman–Crippen LogP) is 4.95. The summed E-state index contributed by atoms with van der Waals surface area (Å²) in [6.07, 6.45) is 1.46. The SMILES string of the molecule is CCCN(CC(=O)N1CCc2sccc2[C@H]1COc1ccccc1F)C(=O)c1cccc(OC)c1. The highest BCUT2D eigenvalue weighted by atomic mass is 32.1. The lowest BCUT2D eigenvalue weighted by molar-refractivity contribution is -0.135. The van der Waals surface area contributed by atoms with Crippen molar-refractivity contribution in [2.24, 2.45) is 0 Å². The van der Waals surface area contributed by atoms with Crippen LogP contribution in [0.5, 0.6) is 11.5 Å². The standard InChI is InChI=1S/C27H29FN2O4S/c1-3-13-29(27(32)19-7-6-8-20(16-19)33-2)17-26(31)30-14-11-25-21(12-15-35-25)23(30)18-34-24-10-5-4-9-22(24)28/h4-10,12,15-16,23H,3,11,13-14,17-18H2,1-2H3/t23-/m1/s1. The molecule has 0 bridgehead atoms. The number of benzene rings is 2. The van der Waals surface area contributed by atoms with Gasteiger partial charge in [-0.05, 0) is 60.2 Å². The van der Waals surface area contributed by atoms with E-state index in [0.717, 1.165) is 18.4 Å². The Morgan fingerprint density at radius 2 is 2.00 bits per heavy atom. The molecule has 2 aromatic carbocycles. The van der Waals surface area contributed by atoms with E-state index in [4.69, 9.17) is 9.47 Å². The number of para-hydroxylation sites is 1. The number of ether oxygens (including phenoxy) is 2. The first-order valence-corrected chi connectivity index (χ1v) is 12.6. The first kappa shape index (κ1) is 24.7. The zero-order chi connectivity index (χ0) is 24.8. The number of fused-ring (bicyclic) bond motifs is 1. The van der Waals surface area contributed by atoms with Crippen LogP contribution in [0.4, 0.5) is 4.39 Å². The summed E-state index contributed by atoms with van der Waals surface area (Å²) in [5.74, 6) is -0.0713. The number of thiophene rings is 1. The molecule has 4 rings (SSSR count). The van der Waals surface area contributed by atoms with E-state index in [2.05, 4.69) is 0 Å². The van der Waals surface area contributed by atoms with E-state index in [0.29, 0.717) is 24.4 Å². The van der Waals surface area contributed by atoms with Crippen LogP contribution in [-0.4, -0.2) is 55.0 Å². The van der Waals surface area contributed by atoms with Crippen LogP contribution in [-0.2, 0) is 11.2 Å². The summed E-state index contributed by atoms with van der Waals surface area (Å²) in [5.41, 5.74) is 1.50. The molecule has 184 valence electrons. The van der Waals surface area contributed by atoms with Gasteiger partial charge in [-0.1, -0.05) is 25.1 Å². The molecule has 6 nitrogen and oxygen atoms in total. The van der Waals surface area contributed by atoms with Gasteiger partial charge in [-0.3, -0.25) is 9.59 Å². The zero-order valence-corrected chi connectivity index (χ0v) is 20.7. The molecule has 1 aliphatic heterocycles. The maximum absolute atomic E-state index is 14.1. The highest BCUT2D eigenvalue weighted by molar-refractivity contribution is 7.10. The maximum atomic E-state index is 14.1. The van der Waals surface area contributed by atoms with E-state index < -0.39 is 5.82 Å². The van der Waals surface area contributed by atoms with E-state index >= 15 is 0 Å². The largest absolute Gasteiger partial charge is 0.497 e. The Morgan fingerprint density at radius 1 is 1.17 bits per heavy atom. The fourth-order valence-corrected chi connectivity index (χ4v) is 5.25. The lowest BCUT2D eigenvalue weighted by Crippen LogP contribution is -2.48. The molecular weight excluding hydrogens is 467 g/mol. The van der Waals surface area contributed by atoms with Crippen molar-refractivity contribution in [3.8, 4) is 11.5 Å². The van der Waals surface area contributed by atoms with Crippen LogP contribution in [0.3, 0.4) is 0 Å². The van der Waals surface area contributed by atoms with Crippen LogP contribution in [0.2, 0.25) is 0 Å². The average Bonchev–Trinajstić information content (AvgIpc) is 3.36. The van der Waals surface area contributed by atoms with Crippen molar-refractivity contribution in [2.45, 2.75) is 25.8 Å². The minimum Gasteiger partial charge on any atom is -0.497 e. The van der Waals surface area contributed by atoms with Gasteiger partial charge in [0.1, 0.15) is 18.9 Å². The fraction of sp³-hybridized carbons (Fsp3) is 0.333. The average molecular weight is 497 g/mol. The molecule has 8 heteroatoms. The molecule has 3 aromatic rings. The topological polar surface area (TPSA) is 59.1 Å². The molecule has 2 amide bonds. The molecule has 2 heterocycles. The molecule has 0 saturated carbocycles. The molecule has 0 spiro atoms. The van der Waals surface area contributed by atoms with Crippen molar-refractivity contribution < 1.29 is 23.5 Å². The van der Waals surface area contributed by atoms with Crippen molar-refractivity contribution in [1.29, 1.82) is 0 Å². The van der Waals surface area contributed by atoms with Crippen LogP contribution in [0, 0.1) is 5.82 Å². The molecule has 0 unspecified atom stereocenters. The summed E-state index contributed by atoms with van der Waals surface area (Å²) >= 11 is 1.65. The summed E-state index contributed by atoms with van der Waals surface area (Å²) in [4.78, 5) is 31.3. The first-order chi connectivity index (χ1) is 17.0. The molecule has 0 saturated heterocycles. The van der Waals surface area contributed by atoms with Gasteiger partial charge in [-0.15, -0.1) is 11.3 Å². The van der Waals surface area contributed by atoms with E-state index in [9.17, 15) is 14.0 Å². The summed E-state index contributed by atoms with van der Waals surface area (Å²) in [6, 6.07) is 14.8. The predicted molar refractivity (Wildman–Crippen MR) is 134 cm³/mol. The monoisotopic (exact) mass is 496 g/mol. The Morgan fingerprint density at radius 3 is 2.77 bits per heavy atom. The van der Waals surface area contributed by atoms with Crippen LogP contribution < -0.4 is 9.47 Å². The van der Waals surface area contributed by atoms with Crippen molar-refractivity contribution >= 4 is 23.2 Å². The second-order valence-corrected chi connectivity index (χ2v) is 9.35. The van der Waals surface area contributed by atoms with Crippen molar-refractivity contribution in [3.63, 3.8) is 0 Å². The van der Waals surface area contributed by atoms with Crippen LogP contribution in [0.1, 0.15) is 40.2 Å². The van der Waals surface area contributed by atoms with Crippen molar-refractivity contribution in [2.75, 3.05) is 33.4 Å². The number of carbonyl (C=O) groups excluding carboxylic acids is 2. The molecule has 0 N–H and O–H groups in total. The minimum absolute atomic E-state index is 0.0421. The second kappa shape index (κ2) is 11.4. The normalized spacial score (nSPS) is 14.8. The van der Waals surface area contributed by atoms with Crippen LogP contribution in [0.25, 0.3) is 0 Å². The lowest BCUT2D eigenvalue weighted by atomic mass is 10.0. The van der Waals surface area contributed by atoms with Crippen LogP contribution in [0.15, 0.2) is 60.0 Å². The third-order valence-electron chi connectivity index (χ3n) is 6.07. The number of carbonyl (C=O) groups is 2. The van der Waals surface area contributed by atoms with Gasteiger partial charge in [-0.25, -0.2) is 4.39 Å². The molecule has 0 aliphatic carbocycles. The maximum Gasteiger partial charge on any atom is 0.254 e. The Labute approximate surface area is 208 Å². The molecule has 35 heavy (non-hydrogen) atoms. The molecular formula is C27H29FN2O4S. The Hall–Kier alpha value is -3.39. The molecule has 1 aliphatic rings. The molecule has 1 aromatic heterocycles. The summed E-state index contributed by atoms with van der Waals surface area (Å²) in [7, 11) is 1.55. The molecule has 0 fully saturated rings. The third kappa shape index (κ3) is 5.65. The lowest BCUT2D eigenvalue weighted by Gasteiger charge is -2.37.